The van der Waals surface area contributed by atoms with Crippen LogP contribution >= 0.6 is 0 Å². The third-order valence-corrected chi connectivity index (χ3v) is 3.63. The molecule has 3 aromatic rings. The number of nitrogens with zero attached hydrogens (tertiary/aromatic N) is 4. The van der Waals surface area contributed by atoms with Crippen LogP contribution in [0.3, 0.4) is 0 Å². The monoisotopic (exact) mass is 251 g/mol. The number of para-hydroxylation sites is 1. The number of hydrogen-bond donors (Lipinski definition) is 1. The average molecular weight is 251 g/mol. The van der Waals surface area contributed by atoms with E-state index in [1.165, 1.54) is 11.3 Å². The summed E-state index contributed by atoms with van der Waals surface area (Å²) in [6, 6.07) is 10.4. The molecule has 5 nitrogen and oxygen atoms in total. The van der Waals surface area contributed by atoms with Gasteiger partial charge in [0.1, 0.15) is 5.82 Å². The maximum Gasteiger partial charge on any atom is 0.254 e. The molecular formula is C14H13N5. The van der Waals surface area contributed by atoms with E-state index in [1.54, 1.807) is 6.20 Å². The van der Waals surface area contributed by atoms with Gasteiger partial charge in [0.25, 0.3) is 5.78 Å². The van der Waals surface area contributed by atoms with Gasteiger partial charge in [-0.2, -0.15) is 0 Å². The Morgan fingerprint density at radius 3 is 3.16 bits per heavy atom. The molecule has 19 heavy (non-hydrogen) atoms. The molecule has 0 aliphatic carbocycles. The summed E-state index contributed by atoms with van der Waals surface area (Å²) < 4.78 is 1.96. The van der Waals surface area contributed by atoms with Crippen LogP contribution in [0, 0.1) is 0 Å². The molecule has 0 bridgehead atoms. The normalized spacial score (nSPS) is 17.4. The highest BCUT2D eigenvalue weighted by atomic mass is 15.3. The summed E-state index contributed by atoms with van der Waals surface area (Å²) in [7, 11) is 0. The predicted molar refractivity (Wildman–Crippen MR) is 72.2 cm³/mol. The maximum absolute atomic E-state index is 4.25. The van der Waals surface area contributed by atoms with Crippen LogP contribution in [0.15, 0.2) is 42.7 Å². The van der Waals surface area contributed by atoms with E-state index in [-0.39, 0.29) is 0 Å². The zero-order valence-electron chi connectivity index (χ0n) is 10.3. The number of hydrogen-bond acceptors (Lipinski definition) is 4. The lowest BCUT2D eigenvalue weighted by Gasteiger charge is -2.08. The predicted octanol–water partition coefficient (Wildman–Crippen LogP) is 1.88. The highest BCUT2D eigenvalue weighted by molar-refractivity contribution is 5.57. The molecule has 0 saturated heterocycles. The molecule has 2 aromatic heterocycles. The van der Waals surface area contributed by atoms with Crippen LogP contribution in [-0.2, 0) is 6.42 Å². The molecule has 0 amide bonds. The Labute approximate surface area is 110 Å². The van der Waals surface area contributed by atoms with Crippen LogP contribution in [-0.4, -0.2) is 26.1 Å². The van der Waals surface area contributed by atoms with Gasteiger partial charge in [-0.15, -0.1) is 10.2 Å². The van der Waals surface area contributed by atoms with Gasteiger partial charge < -0.3 is 5.32 Å². The largest absolute Gasteiger partial charge is 0.384 e. The first-order valence-electron chi connectivity index (χ1n) is 6.39. The molecule has 1 aliphatic heterocycles. The Balaban J connectivity index is 1.70. The highest BCUT2D eigenvalue weighted by Gasteiger charge is 2.23. The van der Waals surface area contributed by atoms with E-state index in [0.717, 1.165) is 18.8 Å². The molecular weight excluding hydrogens is 238 g/mol. The zero-order chi connectivity index (χ0) is 12.7. The first-order valence-corrected chi connectivity index (χ1v) is 6.39. The summed E-state index contributed by atoms with van der Waals surface area (Å²) in [5, 5.41) is 11.8. The lowest BCUT2D eigenvalue weighted by molar-refractivity contribution is 0.704. The molecule has 94 valence electrons. The van der Waals surface area contributed by atoms with Crippen molar-refractivity contribution in [3.8, 4) is 0 Å². The third kappa shape index (κ3) is 1.66. The van der Waals surface area contributed by atoms with Gasteiger partial charge >= 0.3 is 0 Å². The molecule has 0 fully saturated rings. The van der Waals surface area contributed by atoms with Crippen LogP contribution in [0.25, 0.3) is 5.78 Å². The van der Waals surface area contributed by atoms with Crippen molar-refractivity contribution in [1.29, 1.82) is 0 Å². The van der Waals surface area contributed by atoms with Crippen molar-refractivity contribution in [3.63, 3.8) is 0 Å². The van der Waals surface area contributed by atoms with Crippen LogP contribution in [0.1, 0.15) is 17.3 Å². The number of nitrogens with one attached hydrogen (secondary N) is 1. The van der Waals surface area contributed by atoms with Gasteiger partial charge in [-0.1, -0.05) is 18.2 Å². The van der Waals surface area contributed by atoms with Crippen molar-refractivity contribution in [3.05, 3.63) is 54.1 Å². The van der Waals surface area contributed by atoms with Crippen molar-refractivity contribution >= 4 is 11.5 Å². The minimum atomic E-state index is 0.448. The highest BCUT2D eigenvalue weighted by Crippen LogP contribution is 2.32. The molecule has 0 saturated carbocycles. The Bertz CT molecular complexity index is 733. The molecule has 1 N–H and O–H groups in total. The van der Waals surface area contributed by atoms with E-state index in [0.29, 0.717) is 11.7 Å². The summed E-state index contributed by atoms with van der Waals surface area (Å²) >= 11 is 0. The first-order chi connectivity index (χ1) is 9.42. The van der Waals surface area contributed by atoms with Gasteiger partial charge in [-0.3, -0.25) is 4.40 Å². The molecule has 1 aliphatic rings. The van der Waals surface area contributed by atoms with Crippen LogP contribution in [0.5, 0.6) is 0 Å². The fourth-order valence-electron chi connectivity index (χ4n) is 2.69. The molecule has 4 rings (SSSR count). The molecule has 0 radical (unpaired) electrons. The third-order valence-electron chi connectivity index (χ3n) is 3.63. The quantitative estimate of drug-likeness (QED) is 0.755. The fourth-order valence-corrected chi connectivity index (χ4v) is 2.69. The molecule has 1 unspecified atom stereocenters. The topological polar surface area (TPSA) is 55.1 Å². The van der Waals surface area contributed by atoms with Crippen molar-refractivity contribution in [1.82, 2.24) is 19.6 Å². The first kappa shape index (κ1) is 10.5. The fraction of sp³-hybridized carbons (Fsp3) is 0.214. The lowest BCUT2D eigenvalue weighted by Crippen LogP contribution is -2.08. The van der Waals surface area contributed by atoms with E-state index in [2.05, 4.69) is 44.8 Å². The van der Waals surface area contributed by atoms with Crippen LogP contribution in [0.4, 0.5) is 5.69 Å². The Morgan fingerprint density at radius 1 is 1.21 bits per heavy atom. The average Bonchev–Trinajstić information content (AvgIpc) is 3.05. The molecule has 0 spiro atoms. The van der Waals surface area contributed by atoms with Gasteiger partial charge in [-0.05, 0) is 17.7 Å². The number of fused-ring (bicyclic) bond motifs is 2. The van der Waals surface area contributed by atoms with Crippen molar-refractivity contribution in [2.75, 3.05) is 11.9 Å². The molecule has 5 heteroatoms. The minimum absolute atomic E-state index is 0.448. The Kier molecular flexibility index (Phi) is 2.24. The van der Waals surface area contributed by atoms with Gasteiger partial charge in [0.05, 0.1) is 0 Å². The van der Waals surface area contributed by atoms with Gasteiger partial charge in [-0.25, -0.2) is 4.98 Å². The van der Waals surface area contributed by atoms with Crippen molar-refractivity contribution < 1.29 is 0 Å². The summed E-state index contributed by atoms with van der Waals surface area (Å²) in [4.78, 5) is 4.19. The van der Waals surface area contributed by atoms with Crippen LogP contribution in [0.2, 0.25) is 0 Å². The molecule has 1 aromatic carbocycles. The summed E-state index contributed by atoms with van der Waals surface area (Å²) in [6.07, 6.45) is 4.57. The summed E-state index contributed by atoms with van der Waals surface area (Å²) in [6.45, 7) is 0.953. The standard InChI is InChI=1S/C14H13N5/c1-2-5-12-11(4-1)10(9-16-12)8-13-17-18-14-15-6-3-7-19(13)14/h1-7,10,16H,8-9H2. The number of rotatable bonds is 2. The minimum Gasteiger partial charge on any atom is -0.384 e. The van der Waals surface area contributed by atoms with E-state index >= 15 is 0 Å². The van der Waals surface area contributed by atoms with Gasteiger partial charge in [0.15, 0.2) is 0 Å². The smallest absolute Gasteiger partial charge is 0.254 e. The zero-order valence-corrected chi connectivity index (χ0v) is 10.3. The summed E-state index contributed by atoms with van der Waals surface area (Å²) in [5.74, 6) is 2.08. The SMILES string of the molecule is c1ccc2c(c1)NCC2Cc1nnc2ncccn12. The van der Waals surface area contributed by atoms with E-state index < -0.39 is 0 Å². The number of aromatic nitrogens is 4. The second-order valence-electron chi connectivity index (χ2n) is 4.78. The summed E-state index contributed by atoms with van der Waals surface area (Å²) in [5.41, 5.74) is 2.60. The van der Waals surface area contributed by atoms with Crippen molar-refractivity contribution in [2.45, 2.75) is 12.3 Å². The molecule has 1 atom stereocenters. The molecule has 3 heterocycles. The number of anilines is 1. The lowest BCUT2D eigenvalue weighted by atomic mass is 9.98. The van der Waals surface area contributed by atoms with Gasteiger partial charge in [0.2, 0.25) is 0 Å². The maximum atomic E-state index is 4.25. The Morgan fingerprint density at radius 2 is 2.16 bits per heavy atom. The van der Waals surface area contributed by atoms with Crippen LogP contribution < -0.4 is 5.32 Å². The second kappa shape index (κ2) is 4.05. The van der Waals surface area contributed by atoms with Gasteiger partial charge in [0, 0.05) is 37.0 Å². The van der Waals surface area contributed by atoms with E-state index in [9.17, 15) is 0 Å². The van der Waals surface area contributed by atoms with Crippen molar-refractivity contribution in [2.24, 2.45) is 0 Å². The van der Waals surface area contributed by atoms with E-state index in [4.69, 9.17) is 0 Å². The van der Waals surface area contributed by atoms with E-state index in [1.807, 2.05) is 16.7 Å². The number of benzene rings is 1. The Hall–Kier alpha value is -2.43. The second-order valence-corrected chi connectivity index (χ2v) is 4.78.